The predicted octanol–water partition coefficient (Wildman–Crippen LogP) is -1.11. The van der Waals surface area contributed by atoms with Crippen molar-refractivity contribution >= 4 is 39.2 Å². The number of nitrogens with one attached hydrogen (secondary N) is 1. The van der Waals surface area contributed by atoms with Crippen molar-refractivity contribution in [3.8, 4) is 0 Å². The maximum atomic E-state index is 12.8. The molecule has 1 heterocycles. The normalized spacial score (nSPS) is 17.2. The first kappa shape index (κ1) is 23.9. The van der Waals surface area contributed by atoms with Gasteiger partial charge in [-0.1, -0.05) is 18.0 Å². The van der Waals surface area contributed by atoms with Crippen molar-refractivity contribution in [2.45, 2.75) is 30.2 Å². The number of aliphatic carboxylic acids is 1. The van der Waals surface area contributed by atoms with Gasteiger partial charge in [-0.2, -0.15) is 4.31 Å². The summed E-state index contributed by atoms with van der Waals surface area (Å²) in [6, 6.07) is 10.8. The maximum Gasteiger partial charge on any atom is 1.00 e. The molecule has 1 atom stereocenters. The molecule has 29 heavy (non-hydrogen) atoms. The average Bonchev–Trinajstić information content (AvgIpc) is 2.69. The Kier molecular flexibility index (Phi) is 8.28. The number of amides is 1. The van der Waals surface area contributed by atoms with Crippen LogP contribution in [0, 0.1) is 0 Å². The molecule has 0 bridgehead atoms. The number of carbonyl (C=O) groups is 2. The minimum absolute atomic E-state index is 0. The number of rotatable bonds is 5. The summed E-state index contributed by atoms with van der Waals surface area (Å²) < 4.78 is 26.6. The summed E-state index contributed by atoms with van der Waals surface area (Å²) in [6.07, 6.45) is 1.47. The van der Waals surface area contributed by atoms with Gasteiger partial charge in [-0.15, -0.1) is 0 Å². The smallest absolute Gasteiger partial charge is 0.548 e. The van der Waals surface area contributed by atoms with Crippen LogP contribution in [0.2, 0.25) is 5.02 Å². The minimum atomic E-state index is -3.97. The van der Waals surface area contributed by atoms with Gasteiger partial charge in [-0.25, -0.2) is 8.42 Å². The molecule has 1 N–H and O–H groups in total. The molecular formula is C19H18ClN2NaO5S. The topological polar surface area (TPSA) is 107 Å². The van der Waals surface area contributed by atoms with Crippen molar-refractivity contribution in [1.29, 1.82) is 0 Å². The van der Waals surface area contributed by atoms with E-state index in [1.807, 2.05) is 0 Å². The standard InChI is InChI=1S/C19H19ClN2O5S.Na/c20-14-6-4-13(5-7-14)18(23)21-15-8-10-16(11-9-15)28(26,27)22-12-2-1-3-17(22)19(24)25;/h4-11,17H,1-3,12H2,(H,21,23)(H,24,25);/q;+1/p-1. The van der Waals surface area contributed by atoms with Gasteiger partial charge >= 0.3 is 29.6 Å². The van der Waals surface area contributed by atoms with Crippen molar-refractivity contribution in [2.75, 3.05) is 11.9 Å². The van der Waals surface area contributed by atoms with Crippen LogP contribution in [0.3, 0.4) is 0 Å². The first-order chi connectivity index (χ1) is 13.3. The number of carboxylic acid groups (broad SMARTS) is 1. The van der Waals surface area contributed by atoms with Crippen LogP contribution in [0.4, 0.5) is 5.69 Å². The Labute approximate surface area is 196 Å². The number of halogens is 1. The molecule has 148 valence electrons. The van der Waals surface area contributed by atoms with E-state index in [0.717, 1.165) is 4.31 Å². The van der Waals surface area contributed by atoms with Crippen LogP contribution in [0.25, 0.3) is 0 Å². The van der Waals surface area contributed by atoms with Crippen LogP contribution < -0.4 is 40.0 Å². The number of carboxylic acids is 1. The molecule has 2 aromatic rings. The van der Waals surface area contributed by atoms with Gasteiger partial charge < -0.3 is 15.2 Å². The van der Waals surface area contributed by atoms with E-state index in [4.69, 9.17) is 11.6 Å². The maximum absolute atomic E-state index is 12.8. The summed E-state index contributed by atoms with van der Waals surface area (Å²) in [5, 5.41) is 14.5. The molecule has 0 spiro atoms. The Morgan fingerprint density at radius 3 is 2.24 bits per heavy atom. The third-order valence-electron chi connectivity index (χ3n) is 4.55. The Hall–Kier alpha value is -1.42. The van der Waals surface area contributed by atoms with Gasteiger partial charge in [-0.3, -0.25) is 4.79 Å². The Balaban J connectivity index is 0.00000300. The van der Waals surface area contributed by atoms with Crippen LogP contribution >= 0.6 is 11.6 Å². The zero-order valence-electron chi connectivity index (χ0n) is 15.8. The summed E-state index contributed by atoms with van der Waals surface area (Å²) in [7, 11) is -3.97. The molecule has 0 aromatic heterocycles. The van der Waals surface area contributed by atoms with Crippen LogP contribution in [-0.4, -0.2) is 37.2 Å². The van der Waals surface area contributed by atoms with Crippen LogP contribution in [0.1, 0.15) is 29.6 Å². The fraction of sp³-hybridized carbons (Fsp3) is 0.263. The molecule has 1 aliphatic rings. The number of nitrogens with zero attached hydrogens (tertiary/aromatic N) is 1. The van der Waals surface area contributed by atoms with E-state index in [1.54, 1.807) is 24.3 Å². The quantitative estimate of drug-likeness (QED) is 0.588. The second kappa shape index (κ2) is 10.1. The largest absolute Gasteiger partial charge is 1.00 e. The van der Waals surface area contributed by atoms with Crippen LogP contribution in [0.15, 0.2) is 53.4 Å². The van der Waals surface area contributed by atoms with Gasteiger partial charge in [0.05, 0.1) is 16.9 Å². The fourth-order valence-corrected chi connectivity index (χ4v) is 4.85. The molecule has 0 radical (unpaired) electrons. The van der Waals surface area contributed by atoms with E-state index >= 15 is 0 Å². The number of carbonyl (C=O) groups excluding carboxylic acids is 2. The summed E-state index contributed by atoms with van der Waals surface area (Å²) >= 11 is 5.80. The van der Waals surface area contributed by atoms with Gasteiger partial charge in [0.2, 0.25) is 10.0 Å². The molecule has 1 saturated heterocycles. The van der Waals surface area contributed by atoms with E-state index in [9.17, 15) is 23.1 Å². The van der Waals surface area contributed by atoms with Gasteiger partial charge in [0.15, 0.2) is 0 Å². The van der Waals surface area contributed by atoms with E-state index in [0.29, 0.717) is 29.1 Å². The van der Waals surface area contributed by atoms with Gasteiger partial charge in [0, 0.05) is 22.8 Å². The molecule has 0 aliphatic carbocycles. The fourth-order valence-electron chi connectivity index (χ4n) is 3.08. The number of piperidine rings is 1. The van der Waals surface area contributed by atoms with E-state index in [-0.39, 0.29) is 53.3 Å². The van der Waals surface area contributed by atoms with Crippen molar-refractivity contribution < 1.29 is 52.7 Å². The monoisotopic (exact) mass is 444 g/mol. The minimum Gasteiger partial charge on any atom is -0.548 e. The third kappa shape index (κ3) is 5.59. The average molecular weight is 445 g/mol. The number of hydrogen-bond donors (Lipinski definition) is 1. The molecule has 7 nitrogen and oxygen atoms in total. The van der Waals surface area contributed by atoms with Crippen molar-refractivity contribution in [1.82, 2.24) is 4.31 Å². The molecule has 1 unspecified atom stereocenters. The molecule has 2 aromatic carbocycles. The molecule has 1 aliphatic heterocycles. The molecular weight excluding hydrogens is 427 g/mol. The zero-order valence-corrected chi connectivity index (χ0v) is 19.4. The summed E-state index contributed by atoms with van der Waals surface area (Å²) in [4.78, 5) is 23.5. The van der Waals surface area contributed by atoms with Gasteiger partial charge in [0.1, 0.15) is 0 Å². The van der Waals surface area contributed by atoms with Gasteiger partial charge in [-0.05, 0) is 61.4 Å². The van der Waals surface area contributed by atoms with E-state index in [1.165, 1.54) is 24.3 Å². The Morgan fingerprint density at radius 2 is 1.66 bits per heavy atom. The van der Waals surface area contributed by atoms with E-state index in [2.05, 4.69) is 5.32 Å². The summed E-state index contributed by atoms with van der Waals surface area (Å²) in [5.41, 5.74) is 0.820. The van der Waals surface area contributed by atoms with Crippen LogP contribution in [0.5, 0.6) is 0 Å². The molecule has 1 amide bonds. The number of anilines is 1. The second-order valence-electron chi connectivity index (χ2n) is 6.43. The summed E-state index contributed by atoms with van der Waals surface area (Å²) in [5.74, 6) is -1.75. The van der Waals surface area contributed by atoms with Crippen molar-refractivity contribution in [2.24, 2.45) is 0 Å². The van der Waals surface area contributed by atoms with Crippen LogP contribution in [-0.2, 0) is 14.8 Å². The molecule has 1 fully saturated rings. The first-order valence-corrected chi connectivity index (χ1v) is 10.5. The molecule has 10 heteroatoms. The van der Waals surface area contributed by atoms with Crippen molar-refractivity contribution in [3.05, 3.63) is 59.1 Å². The number of hydrogen-bond acceptors (Lipinski definition) is 5. The first-order valence-electron chi connectivity index (χ1n) is 8.69. The van der Waals surface area contributed by atoms with Crippen molar-refractivity contribution in [3.63, 3.8) is 0 Å². The summed E-state index contributed by atoms with van der Waals surface area (Å²) in [6.45, 7) is 0.135. The SMILES string of the molecule is O=C(Nc1ccc(S(=O)(=O)N2CCCCC2C(=O)[O-])cc1)c1ccc(Cl)cc1.[Na+]. The molecule has 3 rings (SSSR count). The number of benzene rings is 2. The second-order valence-corrected chi connectivity index (χ2v) is 8.76. The molecule has 0 saturated carbocycles. The predicted molar refractivity (Wildman–Crippen MR) is 102 cm³/mol. The van der Waals surface area contributed by atoms with Gasteiger partial charge in [0.25, 0.3) is 5.91 Å². The Bertz CT molecular complexity index is 981. The Morgan fingerprint density at radius 1 is 1.03 bits per heavy atom. The third-order valence-corrected chi connectivity index (χ3v) is 6.73. The zero-order chi connectivity index (χ0) is 20.3. The van der Waals surface area contributed by atoms with E-state index < -0.39 is 22.0 Å². The number of sulfonamides is 1.